The summed E-state index contributed by atoms with van der Waals surface area (Å²) in [6, 6.07) is 4.96. The van der Waals surface area contributed by atoms with Crippen molar-refractivity contribution < 1.29 is 24.2 Å². The van der Waals surface area contributed by atoms with Crippen molar-refractivity contribution >= 4 is 23.6 Å². The van der Waals surface area contributed by atoms with Crippen molar-refractivity contribution in [2.24, 2.45) is 0 Å². The van der Waals surface area contributed by atoms with Crippen molar-refractivity contribution in [3.63, 3.8) is 0 Å². The molecule has 0 saturated carbocycles. The fourth-order valence-electron chi connectivity index (χ4n) is 2.55. The van der Waals surface area contributed by atoms with Gasteiger partial charge in [0.25, 0.3) is 17.4 Å². The molecule has 0 unspecified atom stereocenters. The molecule has 2 heterocycles. The van der Waals surface area contributed by atoms with Gasteiger partial charge in [0.2, 0.25) is 0 Å². The summed E-state index contributed by atoms with van der Waals surface area (Å²) in [5.41, 5.74) is 4.95. The van der Waals surface area contributed by atoms with Crippen LogP contribution in [0.4, 0.5) is 5.82 Å². The van der Waals surface area contributed by atoms with Crippen LogP contribution in [0.3, 0.4) is 0 Å². The van der Waals surface area contributed by atoms with E-state index >= 15 is 0 Å². The van der Waals surface area contributed by atoms with Crippen LogP contribution in [0.1, 0.15) is 31.1 Å². The lowest BCUT2D eigenvalue weighted by molar-refractivity contribution is 0.0692. The van der Waals surface area contributed by atoms with E-state index in [1.54, 1.807) is 0 Å². The smallest absolute Gasteiger partial charge is 0.339 e. The number of pyridine rings is 1. The summed E-state index contributed by atoms with van der Waals surface area (Å²) in [7, 11) is 1.31. The standard InChI is InChI=1S/C15H11N3O6/c1-24-9-3-2-6(4-7(9)15(22)23)18-10(19)5-8-11(12(18)16)14(21)17-13(8)20/h2-5H,16H2,1H3,(H,22,23)(H,17,20,21). The summed E-state index contributed by atoms with van der Waals surface area (Å²) in [5, 5.41) is 11.3. The molecule has 0 fully saturated rings. The molecule has 9 nitrogen and oxygen atoms in total. The van der Waals surface area contributed by atoms with Crippen LogP contribution in [-0.4, -0.2) is 34.6 Å². The summed E-state index contributed by atoms with van der Waals surface area (Å²) < 4.78 is 5.92. The molecule has 0 aliphatic carbocycles. The van der Waals surface area contributed by atoms with Gasteiger partial charge in [-0.25, -0.2) is 4.79 Å². The predicted octanol–water partition coefficient (Wildman–Crippen LogP) is 0.0101. The van der Waals surface area contributed by atoms with E-state index in [0.717, 1.165) is 10.6 Å². The predicted molar refractivity (Wildman–Crippen MR) is 81.8 cm³/mol. The zero-order chi connectivity index (χ0) is 17.6. The number of nitrogens with two attached hydrogens (primary N) is 1. The fourth-order valence-corrected chi connectivity index (χ4v) is 2.55. The van der Waals surface area contributed by atoms with Gasteiger partial charge in [-0.1, -0.05) is 0 Å². The highest BCUT2D eigenvalue weighted by atomic mass is 16.5. The molecule has 3 rings (SSSR count). The largest absolute Gasteiger partial charge is 0.496 e. The number of imide groups is 1. The Balaban J connectivity index is 2.29. The van der Waals surface area contributed by atoms with Gasteiger partial charge in [0.1, 0.15) is 17.1 Å². The maximum atomic E-state index is 12.3. The van der Waals surface area contributed by atoms with E-state index in [9.17, 15) is 24.3 Å². The van der Waals surface area contributed by atoms with Crippen LogP contribution in [0.2, 0.25) is 0 Å². The molecule has 1 aliphatic heterocycles. The van der Waals surface area contributed by atoms with Crippen LogP contribution in [-0.2, 0) is 0 Å². The van der Waals surface area contributed by atoms with Gasteiger partial charge in [0.05, 0.1) is 23.9 Å². The number of ether oxygens (including phenoxy) is 1. The highest BCUT2D eigenvalue weighted by Gasteiger charge is 2.32. The van der Waals surface area contributed by atoms with Gasteiger partial charge in [-0.2, -0.15) is 0 Å². The Morgan fingerprint density at radius 2 is 1.92 bits per heavy atom. The minimum absolute atomic E-state index is 0.104. The lowest BCUT2D eigenvalue weighted by Crippen LogP contribution is -2.24. The third kappa shape index (κ3) is 2.10. The van der Waals surface area contributed by atoms with Gasteiger partial charge in [-0.3, -0.25) is 24.3 Å². The Morgan fingerprint density at radius 1 is 1.21 bits per heavy atom. The molecule has 0 atom stereocenters. The Bertz CT molecular complexity index is 976. The van der Waals surface area contributed by atoms with E-state index in [1.807, 2.05) is 0 Å². The summed E-state index contributed by atoms with van der Waals surface area (Å²) in [6.07, 6.45) is 0. The third-order valence-corrected chi connectivity index (χ3v) is 3.62. The van der Waals surface area contributed by atoms with Gasteiger partial charge < -0.3 is 15.6 Å². The number of methoxy groups -OCH3 is 1. The number of benzene rings is 1. The normalized spacial score (nSPS) is 12.7. The van der Waals surface area contributed by atoms with E-state index in [-0.39, 0.29) is 33.9 Å². The van der Waals surface area contributed by atoms with Crippen molar-refractivity contribution in [2.75, 3.05) is 12.8 Å². The molecule has 9 heteroatoms. The topological polar surface area (TPSA) is 141 Å². The molecule has 4 N–H and O–H groups in total. The highest BCUT2D eigenvalue weighted by molar-refractivity contribution is 6.23. The molecule has 1 aromatic carbocycles. The molecule has 1 aliphatic rings. The average molecular weight is 329 g/mol. The molecule has 1 aromatic heterocycles. The molecule has 0 bridgehead atoms. The number of hydrogen-bond donors (Lipinski definition) is 3. The Labute approximate surface area is 134 Å². The first-order valence-corrected chi connectivity index (χ1v) is 6.68. The van der Waals surface area contributed by atoms with E-state index in [4.69, 9.17) is 10.5 Å². The Morgan fingerprint density at radius 3 is 2.54 bits per heavy atom. The first-order valence-electron chi connectivity index (χ1n) is 6.68. The summed E-state index contributed by atoms with van der Waals surface area (Å²) in [6.45, 7) is 0. The van der Waals surface area contributed by atoms with Crippen molar-refractivity contribution in [3.8, 4) is 11.4 Å². The van der Waals surface area contributed by atoms with E-state index in [0.29, 0.717) is 0 Å². The van der Waals surface area contributed by atoms with Crippen LogP contribution in [0.5, 0.6) is 5.75 Å². The molecule has 0 saturated heterocycles. The number of amides is 2. The second-order valence-electron chi connectivity index (χ2n) is 4.96. The van der Waals surface area contributed by atoms with Crippen molar-refractivity contribution in [3.05, 3.63) is 51.3 Å². The maximum Gasteiger partial charge on any atom is 0.339 e. The highest BCUT2D eigenvalue weighted by Crippen LogP contribution is 2.26. The number of aromatic carboxylic acids is 1. The number of anilines is 1. The van der Waals surface area contributed by atoms with Crippen LogP contribution in [0.15, 0.2) is 29.1 Å². The maximum absolute atomic E-state index is 12.3. The number of carbonyl (C=O) groups excluding carboxylic acids is 2. The molecule has 0 spiro atoms. The number of nitrogen functional groups attached to an aromatic ring is 1. The SMILES string of the molecule is COc1ccc(-n2c(N)c3c(cc2=O)C(=O)NC3=O)cc1C(=O)O. The molecule has 122 valence electrons. The minimum atomic E-state index is -1.26. The molecule has 2 amide bonds. The van der Waals surface area contributed by atoms with Gasteiger partial charge in [0.15, 0.2) is 0 Å². The third-order valence-electron chi connectivity index (χ3n) is 3.62. The number of aromatic nitrogens is 1. The van der Waals surface area contributed by atoms with Crippen molar-refractivity contribution in [1.82, 2.24) is 9.88 Å². The van der Waals surface area contributed by atoms with Crippen LogP contribution < -0.4 is 21.3 Å². The first-order chi connectivity index (χ1) is 11.3. The lowest BCUT2D eigenvalue weighted by Gasteiger charge is -2.13. The van der Waals surface area contributed by atoms with E-state index in [2.05, 4.69) is 5.32 Å². The van der Waals surface area contributed by atoms with Gasteiger partial charge in [-0.15, -0.1) is 0 Å². The number of carbonyl (C=O) groups is 3. The summed E-state index contributed by atoms with van der Waals surface area (Å²) >= 11 is 0. The minimum Gasteiger partial charge on any atom is -0.496 e. The van der Waals surface area contributed by atoms with Gasteiger partial charge in [0, 0.05) is 6.07 Å². The molecule has 2 aromatic rings. The number of nitrogens with one attached hydrogen (secondary N) is 1. The number of carboxylic acids is 1. The Hall–Kier alpha value is -3.62. The number of fused-ring (bicyclic) bond motifs is 1. The summed E-state index contributed by atoms with van der Waals surface area (Å²) in [5.74, 6) is -2.82. The van der Waals surface area contributed by atoms with Crippen molar-refractivity contribution in [2.45, 2.75) is 0 Å². The zero-order valence-electron chi connectivity index (χ0n) is 12.3. The Kier molecular flexibility index (Phi) is 3.33. The quantitative estimate of drug-likeness (QED) is 0.674. The number of rotatable bonds is 3. The van der Waals surface area contributed by atoms with E-state index < -0.39 is 23.3 Å². The molecular weight excluding hydrogens is 318 g/mol. The number of nitrogens with zero attached hydrogens (tertiary/aromatic N) is 1. The van der Waals surface area contributed by atoms with Gasteiger partial charge in [-0.05, 0) is 18.2 Å². The lowest BCUT2D eigenvalue weighted by atomic mass is 10.1. The van der Waals surface area contributed by atoms with Crippen LogP contribution >= 0.6 is 0 Å². The zero-order valence-corrected chi connectivity index (χ0v) is 12.3. The second-order valence-corrected chi connectivity index (χ2v) is 4.96. The van der Waals surface area contributed by atoms with Crippen molar-refractivity contribution in [1.29, 1.82) is 0 Å². The molecule has 24 heavy (non-hydrogen) atoms. The first kappa shape index (κ1) is 15.3. The fraction of sp³-hybridized carbons (Fsp3) is 0.0667. The molecular formula is C15H11N3O6. The van der Waals surface area contributed by atoms with Crippen LogP contribution in [0, 0.1) is 0 Å². The van der Waals surface area contributed by atoms with E-state index in [1.165, 1.54) is 25.3 Å². The summed E-state index contributed by atoms with van der Waals surface area (Å²) in [4.78, 5) is 47.1. The van der Waals surface area contributed by atoms with Gasteiger partial charge >= 0.3 is 5.97 Å². The second kappa shape index (κ2) is 5.23. The molecule has 0 radical (unpaired) electrons. The average Bonchev–Trinajstić information content (AvgIpc) is 2.81. The number of hydrogen-bond acceptors (Lipinski definition) is 6. The monoisotopic (exact) mass is 329 g/mol. The van der Waals surface area contributed by atoms with Crippen LogP contribution in [0.25, 0.3) is 5.69 Å². The number of carboxylic acid groups (broad SMARTS) is 1.